The van der Waals surface area contributed by atoms with E-state index in [1.54, 1.807) is 19.2 Å². The minimum atomic E-state index is -4.51. The summed E-state index contributed by atoms with van der Waals surface area (Å²) in [6.45, 7) is 0. The van der Waals surface area contributed by atoms with Crippen LogP contribution in [0, 0.1) is 0 Å². The van der Waals surface area contributed by atoms with Gasteiger partial charge in [-0.1, -0.05) is 0 Å². The van der Waals surface area contributed by atoms with Gasteiger partial charge in [0, 0.05) is 30.9 Å². The summed E-state index contributed by atoms with van der Waals surface area (Å²) in [5.41, 5.74) is 0.973. The van der Waals surface area contributed by atoms with Crippen molar-refractivity contribution in [2.24, 2.45) is 0 Å². The molecule has 1 N–H and O–H groups in total. The number of halogens is 3. The number of anilines is 2. The number of aryl methyl sites for hydroxylation is 1. The first-order chi connectivity index (χ1) is 11.8. The molecule has 1 aromatic heterocycles. The van der Waals surface area contributed by atoms with Gasteiger partial charge >= 0.3 is 6.18 Å². The van der Waals surface area contributed by atoms with Crippen molar-refractivity contribution in [1.82, 2.24) is 4.98 Å². The zero-order valence-electron chi connectivity index (χ0n) is 13.2. The molecule has 0 saturated heterocycles. The number of carbonyl (C=O) groups excluding carboxylic acids is 2. The summed E-state index contributed by atoms with van der Waals surface area (Å²) in [6.07, 6.45) is -2.65. The molecule has 0 bridgehead atoms. The lowest BCUT2D eigenvalue weighted by molar-refractivity contribution is -0.137. The van der Waals surface area contributed by atoms with E-state index < -0.39 is 17.6 Å². The molecule has 2 heterocycles. The minimum Gasteiger partial charge on any atom is -0.315 e. The van der Waals surface area contributed by atoms with Crippen LogP contribution in [0.4, 0.5) is 24.7 Å². The lowest BCUT2D eigenvalue weighted by Gasteiger charge is -2.26. The van der Waals surface area contributed by atoms with E-state index in [1.807, 2.05) is 0 Å². The van der Waals surface area contributed by atoms with Crippen LogP contribution in [0.5, 0.6) is 0 Å². The van der Waals surface area contributed by atoms with Crippen LogP contribution in [0.15, 0.2) is 36.5 Å². The van der Waals surface area contributed by atoms with E-state index >= 15 is 0 Å². The summed E-state index contributed by atoms with van der Waals surface area (Å²) in [5.74, 6) is -0.739. The van der Waals surface area contributed by atoms with Gasteiger partial charge in [0.05, 0.1) is 5.56 Å². The smallest absolute Gasteiger partial charge is 0.315 e. The molecule has 1 aliphatic rings. The Kier molecular flexibility index (Phi) is 4.20. The zero-order chi connectivity index (χ0) is 18.2. The number of fused-ring (bicyclic) bond motifs is 1. The Bertz CT molecular complexity index is 849. The molecule has 25 heavy (non-hydrogen) atoms. The molecular weight excluding hydrogens is 335 g/mol. The lowest BCUT2D eigenvalue weighted by Crippen LogP contribution is -2.31. The van der Waals surface area contributed by atoms with E-state index in [2.05, 4.69) is 10.3 Å². The van der Waals surface area contributed by atoms with Crippen molar-refractivity contribution >= 4 is 23.3 Å². The molecule has 0 spiro atoms. The molecule has 2 aromatic rings. The van der Waals surface area contributed by atoms with E-state index in [1.165, 1.54) is 11.0 Å². The average molecular weight is 349 g/mol. The molecule has 0 unspecified atom stereocenters. The summed E-state index contributed by atoms with van der Waals surface area (Å²) in [7, 11) is 1.66. The first-order valence-electron chi connectivity index (χ1n) is 7.50. The number of alkyl halides is 3. The highest BCUT2D eigenvalue weighted by molar-refractivity contribution is 6.05. The fourth-order valence-electron chi connectivity index (χ4n) is 2.66. The molecule has 0 aliphatic carbocycles. The monoisotopic (exact) mass is 349 g/mol. The van der Waals surface area contributed by atoms with Crippen LogP contribution >= 0.6 is 0 Å². The molecule has 0 radical (unpaired) electrons. The second-order valence-corrected chi connectivity index (χ2v) is 5.68. The highest BCUT2D eigenvalue weighted by Gasteiger charge is 2.31. The van der Waals surface area contributed by atoms with E-state index in [-0.39, 0.29) is 11.7 Å². The van der Waals surface area contributed by atoms with Crippen LogP contribution < -0.4 is 10.2 Å². The first-order valence-corrected chi connectivity index (χ1v) is 7.50. The van der Waals surface area contributed by atoms with Gasteiger partial charge in [0.15, 0.2) is 0 Å². The summed E-state index contributed by atoms with van der Waals surface area (Å²) in [4.78, 5) is 29.2. The Morgan fingerprint density at radius 1 is 1.20 bits per heavy atom. The third kappa shape index (κ3) is 3.47. The number of pyridine rings is 1. The Balaban J connectivity index is 1.82. The number of nitrogens with zero attached hydrogens (tertiary/aromatic N) is 2. The van der Waals surface area contributed by atoms with Gasteiger partial charge in [-0.05, 0) is 42.3 Å². The summed E-state index contributed by atoms with van der Waals surface area (Å²) < 4.78 is 38.1. The Morgan fingerprint density at radius 2 is 1.96 bits per heavy atom. The van der Waals surface area contributed by atoms with E-state index in [0.717, 1.165) is 29.6 Å². The maximum atomic E-state index is 12.7. The summed E-state index contributed by atoms with van der Waals surface area (Å²) in [6, 6.07) is 6.43. The van der Waals surface area contributed by atoms with Crippen molar-refractivity contribution in [3.05, 3.63) is 53.2 Å². The SMILES string of the molecule is CN1C(=O)CCc2cc(C(=O)Nc3cc(C(F)(F)F)ccn3)ccc21. The topological polar surface area (TPSA) is 62.3 Å². The van der Waals surface area contributed by atoms with Crippen LogP contribution in [-0.2, 0) is 17.4 Å². The molecule has 2 amide bonds. The Hall–Kier alpha value is -2.90. The summed E-state index contributed by atoms with van der Waals surface area (Å²) >= 11 is 0. The Morgan fingerprint density at radius 3 is 2.68 bits per heavy atom. The Labute approximate surface area is 141 Å². The molecular formula is C17H14F3N3O2. The zero-order valence-corrected chi connectivity index (χ0v) is 13.2. The predicted molar refractivity (Wildman–Crippen MR) is 85.4 cm³/mol. The molecule has 130 valence electrons. The quantitative estimate of drug-likeness (QED) is 0.905. The average Bonchev–Trinajstić information content (AvgIpc) is 2.57. The van der Waals surface area contributed by atoms with Gasteiger partial charge in [-0.2, -0.15) is 13.2 Å². The third-order valence-electron chi connectivity index (χ3n) is 4.01. The highest BCUT2D eigenvalue weighted by atomic mass is 19.4. The second kappa shape index (κ2) is 6.19. The van der Waals surface area contributed by atoms with Crippen LogP contribution in [0.25, 0.3) is 0 Å². The first kappa shape index (κ1) is 16.9. The van der Waals surface area contributed by atoms with Crippen LogP contribution in [0.2, 0.25) is 0 Å². The number of hydrogen-bond donors (Lipinski definition) is 1. The number of carbonyl (C=O) groups is 2. The number of aromatic nitrogens is 1. The fourth-order valence-corrected chi connectivity index (χ4v) is 2.66. The van der Waals surface area contributed by atoms with Crippen molar-refractivity contribution in [2.45, 2.75) is 19.0 Å². The third-order valence-corrected chi connectivity index (χ3v) is 4.01. The molecule has 0 fully saturated rings. The fraction of sp³-hybridized carbons (Fsp3) is 0.235. The van der Waals surface area contributed by atoms with E-state index in [4.69, 9.17) is 0 Å². The van der Waals surface area contributed by atoms with Crippen molar-refractivity contribution in [3.63, 3.8) is 0 Å². The van der Waals surface area contributed by atoms with Crippen LogP contribution in [0.3, 0.4) is 0 Å². The molecule has 1 aromatic carbocycles. The van der Waals surface area contributed by atoms with Crippen molar-refractivity contribution < 1.29 is 22.8 Å². The van der Waals surface area contributed by atoms with Gasteiger partial charge in [0.1, 0.15) is 5.82 Å². The standard InChI is InChI=1S/C17H14F3N3O2/c1-23-13-4-2-11(8-10(13)3-5-15(23)24)16(25)22-14-9-12(6-7-21-14)17(18,19)20/h2,4,6-9H,3,5H2,1H3,(H,21,22,25). The van der Waals surface area contributed by atoms with Gasteiger partial charge < -0.3 is 10.2 Å². The van der Waals surface area contributed by atoms with Gasteiger partial charge in [-0.3, -0.25) is 9.59 Å². The molecule has 8 heteroatoms. The van der Waals surface area contributed by atoms with Crippen molar-refractivity contribution in [1.29, 1.82) is 0 Å². The van der Waals surface area contributed by atoms with Crippen LogP contribution in [-0.4, -0.2) is 23.8 Å². The van der Waals surface area contributed by atoms with Crippen molar-refractivity contribution in [2.75, 3.05) is 17.3 Å². The number of nitrogens with one attached hydrogen (secondary N) is 1. The van der Waals surface area contributed by atoms with E-state index in [9.17, 15) is 22.8 Å². The number of amides is 2. The number of benzene rings is 1. The largest absolute Gasteiger partial charge is 0.416 e. The normalized spacial score (nSPS) is 14.2. The maximum Gasteiger partial charge on any atom is 0.416 e. The van der Waals surface area contributed by atoms with Gasteiger partial charge in [-0.25, -0.2) is 4.98 Å². The highest BCUT2D eigenvalue weighted by Crippen LogP contribution is 2.30. The van der Waals surface area contributed by atoms with Gasteiger partial charge in [0.25, 0.3) is 5.91 Å². The second-order valence-electron chi connectivity index (χ2n) is 5.68. The van der Waals surface area contributed by atoms with Gasteiger partial charge in [0.2, 0.25) is 5.91 Å². The van der Waals surface area contributed by atoms with E-state index in [0.29, 0.717) is 18.4 Å². The van der Waals surface area contributed by atoms with Crippen LogP contribution in [0.1, 0.15) is 27.9 Å². The summed E-state index contributed by atoms with van der Waals surface area (Å²) in [5, 5.41) is 2.37. The molecule has 5 nitrogen and oxygen atoms in total. The number of hydrogen-bond acceptors (Lipinski definition) is 3. The molecule has 3 rings (SSSR count). The predicted octanol–water partition coefficient (Wildman–Crippen LogP) is 3.26. The molecule has 1 aliphatic heterocycles. The molecule has 0 saturated carbocycles. The minimum absolute atomic E-state index is 0.00197. The number of rotatable bonds is 2. The molecule has 0 atom stereocenters. The lowest BCUT2D eigenvalue weighted by atomic mass is 9.99. The van der Waals surface area contributed by atoms with Gasteiger partial charge in [-0.15, -0.1) is 0 Å². The maximum absolute atomic E-state index is 12.7. The van der Waals surface area contributed by atoms with Crippen molar-refractivity contribution in [3.8, 4) is 0 Å².